The Morgan fingerprint density at radius 2 is 2.21 bits per heavy atom. The van der Waals surface area contributed by atoms with Gasteiger partial charge in [-0.15, -0.1) is 0 Å². The van der Waals surface area contributed by atoms with E-state index in [1.807, 2.05) is 0 Å². The first-order valence-electron chi connectivity index (χ1n) is 4.12. The van der Waals surface area contributed by atoms with Crippen molar-refractivity contribution in [3.05, 3.63) is 34.1 Å². The standard InChI is InChI=1S/C10H7BrFNO/c11-8-2-1-7(3-9(8)12)10(4-13)5-14-6-10/h1-3H,5-6H2. The molecule has 0 radical (unpaired) electrons. The quantitative estimate of drug-likeness (QED) is 0.772. The molecule has 1 aliphatic rings. The second kappa shape index (κ2) is 3.34. The van der Waals surface area contributed by atoms with Gasteiger partial charge in [-0.05, 0) is 33.6 Å². The largest absolute Gasteiger partial charge is 0.377 e. The van der Waals surface area contributed by atoms with Crippen molar-refractivity contribution in [1.82, 2.24) is 0 Å². The van der Waals surface area contributed by atoms with Gasteiger partial charge in [0, 0.05) is 0 Å². The Balaban J connectivity index is 2.42. The van der Waals surface area contributed by atoms with E-state index < -0.39 is 5.41 Å². The summed E-state index contributed by atoms with van der Waals surface area (Å²) in [5.41, 5.74) is 0.0496. The highest BCUT2D eigenvalue weighted by atomic mass is 79.9. The summed E-state index contributed by atoms with van der Waals surface area (Å²) in [6.45, 7) is 0.704. The second-order valence-corrected chi connectivity index (χ2v) is 4.17. The smallest absolute Gasteiger partial charge is 0.137 e. The highest BCUT2D eigenvalue weighted by molar-refractivity contribution is 9.10. The zero-order valence-electron chi connectivity index (χ0n) is 7.26. The molecular formula is C10H7BrFNO. The summed E-state index contributed by atoms with van der Waals surface area (Å²) < 4.78 is 18.6. The maximum absolute atomic E-state index is 13.2. The summed E-state index contributed by atoms with van der Waals surface area (Å²) >= 11 is 3.07. The molecule has 4 heteroatoms. The van der Waals surface area contributed by atoms with E-state index in [1.165, 1.54) is 6.07 Å². The molecule has 0 aromatic heterocycles. The molecule has 0 amide bonds. The lowest BCUT2D eigenvalue weighted by Gasteiger charge is -2.35. The van der Waals surface area contributed by atoms with Crippen molar-refractivity contribution in [2.24, 2.45) is 0 Å². The maximum Gasteiger partial charge on any atom is 0.137 e. The van der Waals surface area contributed by atoms with Crippen LogP contribution in [0.5, 0.6) is 0 Å². The molecule has 0 bridgehead atoms. The topological polar surface area (TPSA) is 33.0 Å². The number of rotatable bonds is 1. The highest BCUT2D eigenvalue weighted by Gasteiger charge is 2.41. The third-order valence-electron chi connectivity index (χ3n) is 2.38. The van der Waals surface area contributed by atoms with Crippen molar-refractivity contribution in [2.75, 3.05) is 13.2 Å². The van der Waals surface area contributed by atoms with Gasteiger partial charge in [0.15, 0.2) is 0 Å². The first-order valence-corrected chi connectivity index (χ1v) is 4.92. The summed E-state index contributed by atoms with van der Waals surface area (Å²) in [5.74, 6) is -0.343. The van der Waals surface area contributed by atoms with E-state index in [-0.39, 0.29) is 5.82 Å². The Morgan fingerprint density at radius 3 is 2.64 bits per heavy atom. The van der Waals surface area contributed by atoms with E-state index in [0.717, 1.165) is 0 Å². The number of hydrogen-bond acceptors (Lipinski definition) is 2. The molecule has 1 heterocycles. The van der Waals surface area contributed by atoms with Gasteiger partial charge in [0.25, 0.3) is 0 Å². The minimum atomic E-state index is -0.637. The van der Waals surface area contributed by atoms with Crippen LogP contribution in [-0.2, 0) is 10.2 Å². The van der Waals surface area contributed by atoms with Gasteiger partial charge in [0.05, 0.1) is 23.8 Å². The summed E-state index contributed by atoms with van der Waals surface area (Å²) in [5, 5.41) is 8.99. The third kappa shape index (κ3) is 1.33. The van der Waals surface area contributed by atoms with Gasteiger partial charge in [0.1, 0.15) is 11.2 Å². The summed E-state index contributed by atoms with van der Waals surface area (Å²) in [7, 11) is 0. The van der Waals surface area contributed by atoms with E-state index >= 15 is 0 Å². The molecular weight excluding hydrogens is 249 g/mol. The fourth-order valence-electron chi connectivity index (χ4n) is 1.40. The molecule has 0 saturated carbocycles. The van der Waals surface area contributed by atoms with Crippen LogP contribution in [0, 0.1) is 17.1 Å². The van der Waals surface area contributed by atoms with Crippen LogP contribution in [0.3, 0.4) is 0 Å². The fourth-order valence-corrected chi connectivity index (χ4v) is 1.64. The maximum atomic E-state index is 13.2. The van der Waals surface area contributed by atoms with Crippen molar-refractivity contribution in [3.8, 4) is 6.07 Å². The molecule has 72 valence electrons. The molecule has 2 rings (SSSR count). The zero-order chi connectivity index (χ0) is 10.2. The molecule has 1 saturated heterocycles. The van der Waals surface area contributed by atoms with Crippen molar-refractivity contribution < 1.29 is 9.13 Å². The lowest BCUT2D eigenvalue weighted by molar-refractivity contribution is -0.0299. The van der Waals surface area contributed by atoms with E-state index in [4.69, 9.17) is 10.00 Å². The Morgan fingerprint density at radius 1 is 1.50 bits per heavy atom. The lowest BCUT2D eigenvalue weighted by Crippen LogP contribution is -2.45. The van der Waals surface area contributed by atoms with Crippen LogP contribution < -0.4 is 0 Å². The van der Waals surface area contributed by atoms with Crippen molar-refractivity contribution >= 4 is 15.9 Å². The van der Waals surface area contributed by atoms with Crippen LogP contribution in [0.25, 0.3) is 0 Å². The Labute approximate surface area is 89.4 Å². The molecule has 14 heavy (non-hydrogen) atoms. The van der Waals surface area contributed by atoms with Gasteiger partial charge < -0.3 is 4.74 Å². The van der Waals surface area contributed by atoms with E-state index in [1.54, 1.807) is 12.1 Å². The molecule has 2 nitrogen and oxygen atoms in total. The van der Waals surface area contributed by atoms with Crippen LogP contribution in [0.1, 0.15) is 5.56 Å². The number of nitriles is 1. The number of halogens is 2. The van der Waals surface area contributed by atoms with Crippen molar-refractivity contribution in [2.45, 2.75) is 5.41 Å². The van der Waals surface area contributed by atoms with Gasteiger partial charge in [-0.3, -0.25) is 0 Å². The first kappa shape index (κ1) is 9.63. The van der Waals surface area contributed by atoms with Crippen LogP contribution in [0.15, 0.2) is 22.7 Å². The van der Waals surface area contributed by atoms with E-state index in [9.17, 15) is 4.39 Å². The van der Waals surface area contributed by atoms with Gasteiger partial charge >= 0.3 is 0 Å². The van der Waals surface area contributed by atoms with Crippen LogP contribution in [-0.4, -0.2) is 13.2 Å². The predicted octanol–water partition coefficient (Wildman–Crippen LogP) is 2.38. The second-order valence-electron chi connectivity index (χ2n) is 3.32. The molecule has 0 N–H and O–H groups in total. The summed E-state index contributed by atoms with van der Waals surface area (Å²) in [6.07, 6.45) is 0. The van der Waals surface area contributed by atoms with Gasteiger partial charge in [0.2, 0.25) is 0 Å². The van der Waals surface area contributed by atoms with Gasteiger partial charge in [-0.25, -0.2) is 4.39 Å². The van der Waals surface area contributed by atoms with E-state index in [2.05, 4.69) is 22.0 Å². The molecule has 0 atom stereocenters. The molecule has 0 aliphatic carbocycles. The van der Waals surface area contributed by atoms with Gasteiger partial charge in [-0.2, -0.15) is 5.26 Å². The SMILES string of the molecule is N#CC1(c2ccc(Br)c(F)c2)COC1. The highest BCUT2D eigenvalue weighted by Crippen LogP contribution is 2.33. The summed E-state index contributed by atoms with van der Waals surface area (Å²) in [4.78, 5) is 0. The summed E-state index contributed by atoms with van der Waals surface area (Å²) in [6, 6.07) is 6.92. The number of ether oxygens (including phenoxy) is 1. The van der Waals surface area contributed by atoms with Crippen LogP contribution in [0.2, 0.25) is 0 Å². The first-order chi connectivity index (χ1) is 6.68. The molecule has 1 aromatic rings. The minimum absolute atomic E-state index is 0.343. The number of benzene rings is 1. The molecule has 0 spiro atoms. The normalized spacial score (nSPS) is 18.4. The van der Waals surface area contributed by atoms with Crippen molar-refractivity contribution in [3.63, 3.8) is 0 Å². The monoisotopic (exact) mass is 255 g/mol. The average Bonchev–Trinajstić information content (AvgIpc) is 2.10. The van der Waals surface area contributed by atoms with Crippen molar-refractivity contribution in [1.29, 1.82) is 5.26 Å². The Kier molecular flexibility index (Phi) is 2.30. The molecule has 1 aliphatic heterocycles. The molecule has 1 aromatic carbocycles. The minimum Gasteiger partial charge on any atom is -0.377 e. The fraction of sp³-hybridized carbons (Fsp3) is 0.300. The van der Waals surface area contributed by atoms with Crippen LogP contribution in [0.4, 0.5) is 4.39 Å². The predicted molar refractivity (Wildman–Crippen MR) is 52.2 cm³/mol. The van der Waals surface area contributed by atoms with Gasteiger partial charge in [-0.1, -0.05) is 6.07 Å². The lowest BCUT2D eigenvalue weighted by atomic mass is 9.80. The third-order valence-corrected chi connectivity index (χ3v) is 3.03. The van der Waals surface area contributed by atoms with E-state index in [0.29, 0.717) is 23.2 Å². The molecule has 0 unspecified atom stereocenters. The average molecular weight is 256 g/mol. The Hall–Kier alpha value is -0.920. The number of hydrogen-bond donors (Lipinski definition) is 0. The Bertz CT molecular complexity index is 409. The number of nitrogens with zero attached hydrogens (tertiary/aromatic N) is 1. The van der Waals surface area contributed by atoms with Crippen LogP contribution >= 0.6 is 15.9 Å². The zero-order valence-corrected chi connectivity index (χ0v) is 8.84. The molecule has 1 fully saturated rings.